The first kappa shape index (κ1) is 17.3. The summed E-state index contributed by atoms with van der Waals surface area (Å²) in [6.45, 7) is 4.75. The molecule has 0 radical (unpaired) electrons. The maximum Gasteiger partial charge on any atom is 0.317 e. The van der Waals surface area contributed by atoms with E-state index in [0.717, 1.165) is 45.4 Å². The molecule has 3 rings (SSSR count). The predicted octanol–water partition coefficient (Wildman–Crippen LogP) is 3.68. The van der Waals surface area contributed by atoms with Crippen molar-refractivity contribution in [1.82, 2.24) is 10.2 Å². The first-order valence-corrected chi connectivity index (χ1v) is 9.31. The SMILES string of the molecule is CC1(CCNC(=O)N2CCCC(C3CCCCO3)C2)CC1(F)Cl. The molecule has 1 aliphatic carbocycles. The molecule has 2 heterocycles. The highest BCUT2D eigenvalue weighted by molar-refractivity contribution is 6.25. The van der Waals surface area contributed by atoms with E-state index in [1.165, 1.54) is 6.42 Å². The van der Waals surface area contributed by atoms with Crippen molar-refractivity contribution in [1.29, 1.82) is 0 Å². The number of urea groups is 1. The molecule has 4 unspecified atom stereocenters. The summed E-state index contributed by atoms with van der Waals surface area (Å²) in [6.07, 6.45) is 6.95. The van der Waals surface area contributed by atoms with Crippen molar-refractivity contribution in [2.24, 2.45) is 11.3 Å². The van der Waals surface area contributed by atoms with Gasteiger partial charge in [0.1, 0.15) is 0 Å². The number of carbonyl (C=O) groups excluding carboxylic acids is 1. The summed E-state index contributed by atoms with van der Waals surface area (Å²) in [4.78, 5) is 14.2. The number of carbonyl (C=O) groups is 1. The largest absolute Gasteiger partial charge is 0.378 e. The maximum atomic E-state index is 13.6. The molecule has 4 nitrogen and oxygen atoms in total. The maximum absolute atomic E-state index is 13.6. The van der Waals surface area contributed by atoms with Gasteiger partial charge in [-0.15, -0.1) is 0 Å². The van der Waals surface area contributed by atoms with E-state index < -0.39 is 10.5 Å². The number of rotatable bonds is 4. The Morgan fingerprint density at radius 3 is 2.83 bits per heavy atom. The van der Waals surface area contributed by atoms with E-state index >= 15 is 0 Å². The van der Waals surface area contributed by atoms with Crippen LogP contribution < -0.4 is 5.32 Å². The van der Waals surface area contributed by atoms with E-state index in [1.807, 2.05) is 11.8 Å². The molecular weight excluding hydrogens is 319 g/mol. The van der Waals surface area contributed by atoms with Crippen LogP contribution in [0.25, 0.3) is 0 Å². The average Bonchev–Trinajstić information content (AvgIpc) is 3.06. The number of nitrogens with zero attached hydrogens (tertiary/aromatic N) is 1. The van der Waals surface area contributed by atoms with Crippen molar-refractivity contribution < 1.29 is 13.9 Å². The topological polar surface area (TPSA) is 41.6 Å². The van der Waals surface area contributed by atoms with E-state index in [2.05, 4.69) is 5.32 Å². The van der Waals surface area contributed by atoms with Gasteiger partial charge in [0.05, 0.1) is 6.10 Å². The minimum absolute atomic E-state index is 0.0335. The van der Waals surface area contributed by atoms with Gasteiger partial charge in [0, 0.05) is 44.0 Å². The zero-order chi connectivity index (χ0) is 16.5. The molecule has 2 aliphatic heterocycles. The number of alkyl halides is 2. The van der Waals surface area contributed by atoms with Gasteiger partial charge in [-0.25, -0.2) is 9.18 Å². The summed E-state index contributed by atoms with van der Waals surface area (Å²) in [7, 11) is 0. The van der Waals surface area contributed by atoms with E-state index in [-0.39, 0.29) is 6.03 Å². The Balaban J connectivity index is 1.42. The van der Waals surface area contributed by atoms with Crippen molar-refractivity contribution in [3.05, 3.63) is 0 Å². The molecule has 0 bridgehead atoms. The van der Waals surface area contributed by atoms with Gasteiger partial charge in [-0.2, -0.15) is 0 Å². The summed E-state index contributed by atoms with van der Waals surface area (Å²) >= 11 is 5.71. The summed E-state index contributed by atoms with van der Waals surface area (Å²) in [5.74, 6) is 0.456. The van der Waals surface area contributed by atoms with Crippen molar-refractivity contribution in [2.75, 3.05) is 26.2 Å². The molecule has 0 aromatic heterocycles. The fourth-order valence-electron chi connectivity index (χ4n) is 3.91. The smallest absolute Gasteiger partial charge is 0.317 e. The van der Waals surface area contributed by atoms with Crippen molar-refractivity contribution in [2.45, 2.75) is 63.1 Å². The van der Waals surface area contributed by atoms with Crippen molar-refractivity contribution in [3.63, 3.8) is 0 Å². The van der Waals surface area contributed by atoms with Gasteiger partial charge in [0.2, 0.25) is 0 Å². The zero-order valence-electron chi connectivity index (χ0n) is 14.0. The highest BCUT2D eigenvalue weighted by Crippen LogP contribution is 2.63. The molecule has 23 heavy (non-hydrogen) atoms. The molecule has 1 saturated carbocycles. The lowest BCUT2D eigenvalue weighted by atomic mass is 9.88. The molecule has 0 spiro atoms. The van der Waals surface area contributed by atoms with Gasteiger partial charge in [-0.1, -0.05) is 18.5 Å². The predicted molar refractivity (Wildman–Crippen MR) is 88.3 cm³/mol. The summed E-state index contributed by atoms with van der Waals surface area (Å²) in [5.41, 5.74) is -0.484. The van der Waals surface area contributed by atoms with Crippen LogP contribution in [0.5, 0.6) is 0 Å². The Bertz CT molecular complexity index is 442. The summed E-state index contributed by atoms with van der Waals surface area (Å²) in [6, 6.07) is -0.0335. The number of likely N-dealkylation sites (tertiary alicyclic amines) is 1. The van der Waals surface area contributed by atoms with Gasteiger partial charge in [0.25, 0.3) is 0 Å². The van der Waals surface area contributed by atoms with Crippen molar-refractivity contribution >= 4 is 17.6 Å². The Hall–Kier alpha value is -0.550. The molecule has 2 saturated heterocycles. The Morgan fingerprint density at radius 1 is 1.39 bits per heavy atom. The molecule has 4 atom stereocenters. The van der Waals surface area contributed by atoms with Gasteiger partial charge in [-0.3, -0.25) is 0 Å². The first-order valence-electron chi connectivity index (χ1n) is 8.93. The molecule has 132 valence electrons. The number of hydrogen-bond donors (Lipinski definition) is 1. The molecule has 1 N–H and O–H groups in total. The fraction of sp³-hybridized carbons (Fsp3) is 0.941. The highest BCUT2D eigenvalue weighted by Gasteiger charge is 2.64. The Kier molecular flexibility index (Phi) is 5.07. The Labute approximate surface area is 143 Å². The number of halogens is 2. The van der Waals surface area contributed by atoms with Crippen molar-refractivity contribution in [3.8, 4) is 0 Å². The van der Waals surface area contributed by atoms with Gasteiger partial charge in [-0.05, 0) is 38.5 Å². The normalized spacial score (nSPS) is 40.7. The molecular formula is C17H28ClFN2O2. The van der Waals surface area contributed by atoms with E-state index in [4.69, 9.17) is 16.3 Å². The Morgan fingerprint density at radius 2 is 2.17 bits per heavy atom. The molecule has 0 aromatic rings. The number of ether oxygens (including phenoxy) is 1. The van der Waals surface area contributed by atoms with Crippen LogP contribution in [0.15, 0.2) is 0 Å². The second-order valence-corrected chi connectivity index (χ2v) is 8.28. The average molecular weight is 347 g/mol. The lowest BCUT2D eigenvalue weighted by Gasteiger charge is -2.38. The van der Waals surface area contributed by atoms with Crippen LogP contribution in [0.2, 0.25) is 0 Å². The van der Waals surface area contributed by atoms with E-state index in [1.54, 1.807) is 0 Å². The third-order valence-corrected chi connectivity index (χ3v) is 6.40. The molecule has 3 aliphatic rings. The third-order valence-electron chi connectivity index (χ3n) is 5.81. The molecule has 3 fully saturated rings. The lowest BCUT2D eigenvalue weighted by molar-refractivity contribution is -0.0365. The van der Waals surface area contributed by atoms with Crippen LogP contribution >= 0.6 is 11.6 Å². The van der Waals surface area contributed by atoms with Crippen LogP contribution in [0.3, 0.4) is 0 Å². The molecule has 0 aromatic carbocycles. The van der Waals surface area contributed by atoms with Crippen LogP contribution in [-0.4, -0.2) is 48.4 Å². The monoisotopic (exact) mass is 346 g/mol. The van der Waals surface area contributed by atoms with Crippen LogP contribution in [-0.2, 0) is 4.74 Å². The highest BCUT2D eigenvalue weighted by atomic mass is 35.5. The van der Waals surface area contributed by atoms with Crippen LogP contribution in [0, 0.1) is 11.3 Å². The number of nitrogens with one attached hydrogen (secondary N) is 1. The third kappa shape index (κ3) is 3.93. The van der Waals surface area contributed by atoms with E-state index in [0.29, 0.717) is 31.4 Å². The van der Waals surface area contributed by atoms with Crippen LogP contribution in [0.4, 0.5) is 9.18 Å². The van der Waals surface area contributed by atoms with Gasteiger partial charge >= 0.3 is 6.03 Å². The van der Waals surface area contributed by atoms with Gasteiger partial charge < -0.3 is 15.0 Å². The number of piperidine rings is 1. The second kappa shape index (κ2) is 6.75. The number of hydrogen-bond acceptors (Lipinski definition) is 2. The number of amides is 2. The van der Waals surface area contributed by atoms with Gasteiger partial charge in [0.15, 0.2) is 5.13 Å². The van der Waals surface area contributed by atoms with Crippen LogP contribution in [0.1, 0.15) is 51.9 Å². The molecule has 6 heteroatoms. The first-order chi connectivity index (χ1) is 10.9. The summed E-state index contributed by atoms with van der Waals surface area (Å²) in [5, 5.41) is 1.35. The standard InChI is InChI=1S/C17H28ClFN2O2/c1-16(12-17(16,18)19)7-8-20-15(22)21-9-4-5-13(11-21)14-6-2-3-10-23-14/h13-14H,2-12H2,1H3,(H,20,22). The fourth-order valence-corrected chi connectivity index (χ4v) is 4.30. The van der Waals surface area contributed by atoms with E-state index in [9.17, 15) is 9.18 Å². The zero-order valence-corrected chi connectivity index (χ0v) is 14.7. The minimum atomic E-state index is -1.58. The second-order valence-electron chi connectivity index (χ2n) is 7.68. The lowest BCUT2D eigenvalue weighted by Crippen LogP contribution is -2.48. The quantitative estimate of drug-likeness (QED) is 0.789. The molecule has 2 amide bonds. The minimum Gasteiger partial charge on any atom is -0.378 e. The summed E-state index contributed by atoms with van der Waals surface area (Å²) < 4.78 is 19.5.